The van der Waals surface area contributed by atoms with Crippen LogP contribution in [0.4, 0.5) is 0 Å². The lowest BCUT2D eigenvalue weighted by atomic mass is 9.99. The second-order valence-corrected chi connectivity index (χ2v) is 4.80. The Bertz CT molecular complexity index is 272. The Kier molecular flexibility index (Phi) is 4.73. The van der Waals surface area contributed by atoms with E-state index in [2.05, 4.69) is 5.32 Å². The van der Waals surface area contributed by atoms with E-state index < -0.39 is 5.60 Å². The second-order valence-electron chi connectivity index (χ2n) is 4.02. The van der Waals surface area contributed by atoms with Crippen molar-refractivity contribution in [1.82, 2.24) is 5.32 Å². The van der Waals surface area contributed by atoms with Crippen molar-refractivity contribution in [2.24, 2.45) is 0 Å². The Morgan fingerprint density at radius 1 is 1.67 bits per heavy atom. The lowest BCUT2D eigenvalue weighted by Gasteiger charge is -2.25. The lowest BCUT2D eigenvalue weighted by molar-refractivity contribution is 0.0504. The minimum Gasteiger partial charge on any atom is -0.384 e. The van der Waals surface area contributed by atoms with E-state index in [4.69, 9.17) is 4.74 Å². The summed E-state index contributed by atoms with van der Waals surface area (Å²) in [5.41, 5.74) is 0.159. The Morgan fingerprint density at radius 3 is 2.93 bits per heavy atom. The maximum absolute atomic E-state index is 10.2. The summed E-state index contributed by atoms with van der Waals surface area (Å²) in [5.74, 6) is 0. The van der Waals surface area contributed by atoms with Crippen LogP contribution >= 0.6 is 11.3 Å². The van der Waals surface area contributed by atoms with Gasteiger partial charge < -0.3 is 15.2 Å². The molecule has 2 atom stereocenters. The summed E-state index contributed by atoms with van der Waals surface area (Å²) in [6, 6.07) is 2.20. The highest BCUT2D eigenvalue weighted by molar-refractivity contribution is 7.08. The number of hydrogen-bond acceptors (Lipinski definition) is 4. The molecule has 15 heavy (non-hydrogen) atoms. The van der Waals surface area contributed by atoms with Crippen LogP contribution in [-0.4, -0.2) is 31.4 Å². The van der Waals surface area contributed by atoms with Crippen LogP contribution in [0.15, 0.2) is 16.8 Å². The Labute approximate surface area is 95.1 Å². The molecule has 0 aromatic carbocycles. The first-order valence-electron chi connectivity index (χ1n) is 5.03. The van der Waals surface area contributed by atoms with Gasteiger partial charge in [0.2, 0.25) is 0 Å². The zero-order valence-electron chi connectivity index (χ0n) is 9.49. The summed E-state index contributed by atoms with van der Waals surface area (Å²) in [6.45, 7) is 5.04. The van der Waals surface area contributed by atoms with Gasteiger partial charge in [-0.1, -0.05) is 0 Å². The van der Waals surface area contributed by atoms with E-state index in [1.54, 1.807) is 18.4 Å². The fourth-order valence-electron chi connectivity index (χ4n) is 1.35. The van der Waals surface area contributed by atoms with Crippen molar-refractivity contribution in [2.45, 2.75) is 25.5 Å². The molecule has 0 fully saturated rings. The van der Waals surface area contributed by atoms with E-state index in [1.165, 1.54) is 0 Å². The molecule has 0 aliphatic carbocycles. The molecular formula is C11H19NO2S. The van der Waals surface area contributed by atoms with Gasteiger partial charge in [0, 0.05) is 19.7 Å². The van der Waals surface area contributed by atoms with Crippen LogP contribution in [0.25, 0.3) is 0 Å². The highest BCUT2D eigenvalue weighted by Crippen LogP contribution is 2.22. The van der Waals surface area contributed by atoms with Crippen LogP contribution in [0, 0.1) is 0 Å². The van der Waals surface area contributed by atoms with Crippen molar-refractivity contribution < 1.29 is 9.84 Å². The van der Waals surface area contributed by atoms with Gasteiger partial charge in [0.1, 0.15) is 0 Å². The Hall–Kier alpha value is -0.420. The van der Waals surface area contributed by atoms with E-state index in [0.717, 1.165) is 5.56 Å². The average Bonchev–Trinajstić information content (AvgIpc) is 2.69. The summed E-state index contributed by atoms with van der Waals surface area (Å²) in [4.78, 5) is 0. The minimum absolute atomic E-state index is 0.250. The molecule has 0 saturated carbocycles. The number of methoxy groups -OCH3 is 1. The normalized spacial score (nSPS) is 17.3. The third kappa shape index (κ3) is 3.91. The van der Waals surface area contributed by atoms with E-state index in [0.29, 0.717) is 13.2 Å². The number of hydrogen-bond donors (Lipinski definition) is 2. The van der Waals surface area contributed by atoms with E-state index in [9.17, 15) is 5.11 Å². The van der Waals surface area contributed by atoms with Crippen molar-refractivity contribution >= 4 is 11.3 Å². The van der Waals surface area contributed by atoms with Crippen LogP contribution in [-0.2, 0) is 10.3 Å². The fraction of sp³-hybridized carbons (Fsp3) is 0.636. The molecule has 1 rings (SSSR count). The van der Waals surface area contributed by atoms with Crippen LogP contribution in [0.3, 0.4) is 0 Å². The molecular weight excluding hydrogens is 210 g/mol. The molecule has 3 nitrogen and oxygen atoms in total. The smallest absolute Gasteiger partial charge is 0.1000 e. The van der Waals surface area contributed by atoms with Crippen molar-refractivity contribution in [3.8, 4) is 0 Å². The first-order valence-corrected chi connectivity index (χ1v) is 5.98. The van der Waals surface area contributed by atoms with Crippen molar-refractivity contribution in [1.29, 1.82) is 0 Å². The summed E-state index contributed by atoms with van der Waals surface area (Å²) in [6.07, 6.45) is 0. The molecule has 0 amide bonds. The summed E-state index contributed by atoms with van der Waals surface area (Å²) < 4.78 is 5.02. The molecule has 4 heteroatoms. The molecule has 0 spiro atoms. The van der Waals surface area contributed by atoms with E-state index in [-0.39, 0.29) is 6.04 Å². The third-order valence-electron chi connectivity index (χ3n) is 2.35. The fourth-order valence-corrected chi connectivity index (χ4v) is 2.14. The predicted molar refractivity (Wildman–Crippen MR) is 63.2 cm³/mol. The molecule has 2 unspecified atom stereocenters. The average molecular weight is 229 g/mol. The molecule has 86 valence electrons. The van der Waals surface area contributed by atoms with Crippen molar-refractivity contribution in [3.63, 3.8) is 0 Å². The highest BCUT2D eigenvalue weighted by Gasteiger charge is 2.23. The zero-order chi connectivity index (χ0) is 11.3. The van der Waals surface area contributed by atoms with Crippen LogP contribution in [0.1, 0.15) is 19.4 Å². The predicted octanol–water partition coefficient (Wildman–Crippen LogP) is 1.58. The van der Waals surface area contributed by atoms with Crippen molar-refractivity contribution in [3.05, 3.63) is 22.4 Å². The van der Waals surface area contributed by atoms with Gasteiger partial charge in [0.15, 0.2) is 0 Å². The molecule has 1 aromatic heterocycles. The third-order valence-corrected chi connectivity index (χ3v) is 3.04. The van der Waals surface area contributed by atoms with Crippen LogP contribution in [0.5, 0.6) is 0 Å². The first-order chi connectivity index (χ1) is 7.06. The number of thiophene rings is 1. The van der Waals surface area contributed by atoms with Crippen LogP contribution < -0.4 is 5.32 Å². The van der Waals surface area contributed by atoms with Gasteiger partial charge in [-0.2, -0.15) is 11.3 Å². The van der Waals surface area contributed by atoms with E-state index >= 15 is 0 Å². The molecule has 1 aromatic rings. The van der Waals surface area contributed by atoms with Gasteiger partial charge in [-0.25, -0.2) is 0 Å². The summed E-state index contributed by atoms with van der Waals surface area (Å²) >= 11 is 1.60. The van der Waals surface area contributed by atoms with Gasteiger partial charge in [-0.05, 0) is 36.2 Å². The van der Waals surface area contributed by atoms with E-state index in [1.807, 2.05) is 30.7 Å². The molecule has 0 aliphatic rings. The van der Waals surface area contributed by atoms with Gasteiger partial charge in [-0.3, -0.25) is 0 Å². The molecule has 0 radical (unpaired) electrons. The van der Waals surface area contributed by atoms with Crippen molar-refractivity contribution in [2.75, 3.05) is 20.3 Å². The molecule has 1 heterocycles. The first kappa shape index (κ1) is 12.6. The molecule has 0 saturated heterocycles. The second kappa shape index (κ2) is 5.61. The van der Waals surface area contributed by atoms with Gasteiger partial charge in [0.25, 0.3) is 0 Å². The monoisotopic (exact) mass is 229 g/mol. The lowest BCUT2D eigenvalue weighted by Crippen LogP contribution is -2.41. The van der Waals surface area contributed by atoms with Gasteiger partial charge in [0.05, 0.1) is 12.2 Å². The molecule has 0 aliphatic heterocycles. The number of rotatable bonds is 6. The maximum Gasteiger partial charge on any atom is 0.1000 e. The standard InChI is InChI=1S/C11H19NO2S/c1-9(6-14-3)12-8-11(2,13)10-4-5-15-7-10/h4-5,7,9,12-13H,6,8H2,1-3H3. The number of nitrogens with one attached hydrogen (secondary N) is 1. The minimum atomic E-state index is -0.804. The molecule has 2 N–H and O–H groups in total. The summed E-state index contributed by atoms with van der Waals surface area (Å²) in [7, 11) is 1.68. The van der Waals surface area contributed by atoms with Gasteiger partial charge >= 0.3 is 0 Å². The number of aliphatic hydroxyl groups is 1. The number of ether oxygens (including phenoxy) is 1. The zero-order valence-corrected chi connectivity index (χ0v) is 10.3. The quantitative estimate of drug-likeness (QED) is 0.778. The Morgan fingerprint density at radius 2 is 2.40 bits per heavy atom. The SMILES string of the molecule is COCC(C)NCC(C)(O)c1ccsc1. The Balaban J connectivity index is 2.43. The highest BCUT2D eigenvalue weighted by atomic mass is 32.1. The maximum atomic E-state index is 10.2. The van der Waals surface area contributed by atoms with Gasteiger partial charge in [-0.15, -0.1) is 0 Å². The molecule has 0 bridgehead atoms. The van der Waals surface area contributed by atoms with Crippen LogP contribution in [0.2, 0.25) is 0 Å². The summed E-state index contributed by atoms with van der Waals surface area (Å²) in [5, 5.41) is 17.4. The largest absolute Gasteiger partial charge is 0.384 e. The topological polar surface area (TPSA) is 41.5 Å².